The smallest absolute Gasteiger partial charge is 0.241 e. The summed E-state index contributed by atoms with van der Waals surface area (Å²) < 4.78 is 0. The van der Waals surface area contributed by atoms with Crippen LogP contribution < -0.4 is 10.2 Å². The number of amides is 1. The molecule has 1 unspecified atom stereocenters. The summed E-state index contributed by atoms with van der Waals surface area (Å²) in [4.78, 5) is 17.5. The van der Waals surface area contributed by atoms with Gasteiger partial charge in [0.1, 0.15) is 0 Å². The number of anilines is 2. The predicted octanol–water partition coefficient (Wildman–Crippen LogP) is 4.72. The third-order valence-corrected chi connectivity index (χ3v) is 6.14. The standard InChI is InChI=1S/C23H30ClN3O/c1-15-13-17(3)22(20(24)14-15)25-23(28)19(5)26-9-11-27(12-10-26)21-8-6-7-16(2)18(21)4/h6-8,13-14,19H,9-12H2,1-5H3,(H,25,28). The summed E-state index contributed by atoms with van der Waals surface area (Å²) in [6.45, 7) is 13.9. The van der Waals surface area contributed by atoms with Crippen molar-refractivity contribution < 1.29 is 4.79 Å². The SMILES string of the molecule is Cc1cc(C)c(NC(=O)C(C)N2CCN(c3cccc(C)c3C)CC2)c(Cl)c1. The lowest BCUT2D eigenvalue weighted by Gasteiger charge is -2.39. The number of carbonyl (C=O) groups is 1. The predicted molar refractivity (Wildman–Crippen MR) is 119 cm³/mol. The van der Waals surface area contributed by atoms with Crippen LogP contribution in [0.4, 0.5) is 11.4 Å². The molecular formula is C23H30ClN3O. The van der Waals surface area contributed by atoms with Crippen LogP contribution in [0, 0.1) is 27.7 Å². The van der Waals surface area contributed by atoms with Crippen molar-refractivity contribution in [2.45, 2.75) is 40.7 Å². The van der Waals surface area contributed by atoms with Gasteiger partial charge in [0.25, 0.3) is 0 Å². The number of piperazine rings is 1. The largest absolute Gasteiger partial charge is 0.369 e. The number of aryl methyl sites for hydroxylation is 3. The number of halogens is 1. The van der Waals surface area contributed by atoms with Crippen LogP contribution >= 0.6 is 11.6 Å². The van der Waals surface area contributed by atoms with Crippen molar-refractivity contribution in [3.05, 3.63) is 57.6 Å². The van der Waals surface area contributed by atoms with Crippen LogP contribution in [0.1, 0.15) is 29.2 Å². The number of nitrogens with zero attached hydrogens (tertiary/aromatic N) is 2. The highest BCUT2D eigenvalue weighted by atomic mass is 35.5. The molecule has 0 aliphatic carbocycles. The third-order valence-electron chi connectivity index (χ3n) is 5.84. The van der Waals surface area contributed by atoms with Crippen molar-refractivity contribution in [2.24, 2.45) is 0 Å². The lowest BCUT2D eigenvalue weighted by molar-refractivity contribution is -0.120. The van der Waals surface area contributed by atoms with Crippen molar-refractivity contribution in [3.8, 4) is 0 Å². The maximum atomic E-state index is 12.8. The molecule has 3 rings (SSSR count). The van der Waals surface area contributed by atoms with Gasteiger partial charge >= 0.3 is 0 Å². The summed E-state index contributed by atoms with van der Waals surface area (Å²) in [7, 11) is 0. The summed E-state index contributed by atoms with van der Waals surface area (Å²) in [5, 5.41) is 3.63. The molecule has 1 aliphatic rings. The van der Waals surface area contributed by atoms with E-state index in [4.69, 9.17) is 11.6 Å². The molecule has 4 nitrogen and oxygen atoms in total. The average Bonchev–Trinajstić information content (AvgIpc) is 2.66. The maximum Gasteiger partial charge on any atom is 0.241 e. The van der Waals surface area contributed by atoms with Gasteiger partial charge in [0.05, 0.1) is 16.8 Å². The molecule has 1 amide bonds. The Balaban J connectivity index is 1.63. The van der Waals surface area contributed by atoms with Crippen molar-refractivity contribution in [1.82, 2.24) is 4.90 Å². The summed E-state index contributed by atoms with van der Waals surface area (Å²) in [5.41, 5.74) is 6.77. The van der Waals surface area contributed by atoms with Crippen molar-refractivity contribution >= 4 is 28.9 Å². The Hall–Kier alpha value is -2.04. The van der Waals surface area contributed by atoms with Crippen molar-refractivity contribution in [2.75, 3.05) is 36.4 Å². The molecule has 28 heavy (non-hydrogen) atoms. The minimum Gasteiger partial charge on any atom is -0.369 e. The first-order valence-electron chi connectivity index (χ1n) is 9.90. The van der Waals surface area contributed by atoms with Crippen molar-refractivity contribution in [1.29, 1.82) is 0 Å². The second-order valence-electron chi connectivity index (χ2n) is 7.85. The summed E-state index contributed by atoms with van der Waals surface area (Å²) in [6, 6.07) is 10.2. The van der Waals surface area contributed by atoms with E-state index in [0.717, 1.165) is 43.0 Å². The van der Waals surface area contributed by atoms with E-state index in [2.05, 4.69) is 47.2 Å². The van der Waals surface area contributed by atoms with Crippen molar-refractivity contribution in [3.63, 3.8) is 0 Å². The van der Waals surface area contributed by atoms with Gasteiger partial charge in [0, 0.05) is 31.9 Å². The van der Waals surface area contributed by atoms with Gasteiger partial charge in [-0.15, -0.1) is 0 Å². The minimum absolute atomic E-state index is 0.00552. The van der Waals surface area contributed by atoms with E-state index in [1.165, 1.54) is 16.8 Å². The Morgan fingerprint density at radius 1 is 1.04 bits per heavy atom. The van der Waals surface area contributed by atoms with E-state index in [1.54, 1.807) is 0 Å². The molecule has 1 heterocycles. The molecule has 0 spiro atoms. The fraction of sp³-hybridized carbons (Fsp3) is 0.435. The first-order valence-corrected chi connectivity index (χ1v) is 10.3. The van der Waals surface area contributed by atoms with Gasteiger partial charge in [-0.1, -0.05) is 29.8 Å². The molecule has 0 saturated carbocycles. The van der Waals surface area contributed by atoms with Gasteiger partial charge in [0.15, 0.2) is 0 Å². The van der Waals surface area contributed by atoms with E-state index in [-0.39, 0.29) is 11.9 Å². The molecule has 1 saturated heterocycles. The number of benzene rings is 2. The number of nitrogens with one attached hydrogen (secondary N) is 1. The van der Waals surface area contributed by atoms with Crippen LogP contribution in [0.2, 0.25) is 5.02 Å². The second-order valence-corrected chi connectivity index (χ2v) is 8.25. The fourth-order valence-corrected chi connectivity index (χ4v) is 4.26. The topological polar surface area (TPSA) is 35.6 Å². The van der Waals surface area contributed by atoms with Crippen LogP contribution in [-0.2, 0) is 4.79 Å². The highest BCUT2D eigenvalue weighted by Crippen LogP contribution is 2.28. The molecule has 1 aliphatic heterocycles. The minimum atomic E-state index is -0.197. The molecule has 2 aromatic rings. The number of carbonyl (C=O) groups excluding carboxylic acids is 1. The van der Waals surface area contributed by atoms with E-state index < -0.39 is 0 Å². The summed E-state index contributed by atoms with van der Waals surface area (Å²) in [6.07, 6.45) is 0. The monoisotopic (exact) mass is 399 g/mol. The van der Waals surface area contributed by atoms with Crippen LogP contribution in [0.15, 0.2) is 30.3 Å². The normalized spacial score (nSPS) is 16.1. The van der Waals surface area contributed by atoms with E-state index >= 15 is 0 Å². The molecule has 1 N–H and O–H groups in total. The Morgan fingerprint density at radius 2 is 1.71 bits per heavy atom. The Labute approximate surface area is 173 Å². The van der Waals surface area contributed by atoms with E-state index in [9.17, 15) is 4.79 Å². The zero-order chi connectivity index (χ0) is 20.4. The van der Waals surface area contributed by atoms with Gasteiger partial charge in [-0.05, 0) is 69.0 Å². The fourth-order valence-electron chi connectivity index (χ4n) is 3.90. The van der Waals surface area contributed by atoms with Gasteiger partial charge in [-0.3, -0.25) is 9.69 Å². The first kappa shape index (κ1) is 20.7. The Kier molecular flexibility index (Phi) is 6.31. The van der Waals surface area contributed by atoms with Crippen LogP contribution in [-0.4, -0.2) is 43.0 Å². The molecular weight excluding hydrogens is 370 g/mol. The summed E-state index contributed by atoms with van der Waals surface area (Å²) >= 11 is 6.35. The van der Waals surface area contributed by atoms with Gasteiger partial charge in [0.2, 0.25) is 5.91 Å². The molecule has 1 atom stereocenters. The molecule has 0 bridgehead atoms. The Bertz CT molecular complexity index is 849. The lowest BCUT2D eigenvalue weighted by atomic mass is 10.1. The highest BCUT2D eigenvalue weighted by molar-refractivity contribution is 6.34. The number of rotatable bonds is 4. The molecule has 0 aromatic heterocycles. The van der Waals surface area contributed by atoms with E-state index in [0.29, 0.717) is 5.02 Å². The zero-order valence-corrected chi connectivity index (χ0v) is 18.2. The lowest BCUT2D eigenvalue weighted by Crippen LogP contribution is -2.53. The summed E-state index contributed by atoms with van der Waals surface area (Å²) in [5.74, 6) is -0.00552. The molecule has 150 valence electrons. The van der Waals surface area contributed by atoms with Gasteiger partial charge < -0.3 is 10.2 Å². The second kappa shape index (κ2) is 8.54. The number of hydrogen-bond acceptors (Lipinski definition) is 3. The molecule has 0 radical (unpaired) electrons. The van der Waals surface area contributed by atoms with Crippen LogP contribution in [0.3, 0.4) is 0 Å². The van der Waals surface area contributed by atoms with Gasteiger partial charge in [-0.25, -0.2) is 0 Å². The molecule has 1 fully saturated rings. The maximum absolute atomic E-state index is 12.8. The van der Waals surface area contributed by atoms with Gasteiger partial charge in [-0.2, -0.15) is 0 Å². The van der Waals surface area contributed by atoms with E-state index in [1.807, 2.05) is 32.9 Å². The quantitative estimate of drug-likeness (QED) is 0.807. The third kappa shape index (κ3) is 4.34. The highest BCUT2D eigenvalue weighted by Gasteiger charge is 2.27. The average molecular weight is 400 g/mol. The zero-order valence-electron chi connectivity index (χ0n) is 17.5. The van der Waals surface area contributed by atoms with Crippen LogP contribution in [0.5, 0.6) is 0 Å². The Morgan fingerprint density at radius 3 is 2.36 bits per heavy atom. The first-order chi connectivity index (χ1) is 13.3. The molecule has 2 aromatic carbocycles. The van der Waals surface area contributed by atoms with Crippen LogP contribution in [0.25, 0.3) is 0 Å². The molecule has 5 heteroatoms. The number of hydrogen-bond donors (Lipinski definition) is 1.